The third-order valence-electron chi connectivity index (χ3n) is 14.5. The van der Waals surface area contributed by atoms with E-state index in [4.69, 9.17) is 0 Å². The Bertz CT molecular complexity index is 3640. The first-order valence-electron chi connectivity index (χ1n) is 23.0. The van der Waals surface area contributed by atoms with Crippen LogP contribution in [-0.2, 0) is 10.8 Å². The van der Waals surface area contributed by atoms with Crippen LogP contribution in [0.15, 0.2) is 237 Å². The van der Waals surface area contributed by atoms with Crippen LogP contribution in [-0.4, -0.2) is 0 Å². The van der Waals surface area contributed by atoms with Crippen LogP contribution >= 0.6 is 11.3 Å². The van der Waals surface area contributed by atoms with E-state index in [0.717, 1.165) is 17.1 Å². The molecular weight excluding hydrogens is 815 g/mol. The molecule has 0 amide bonds. The molecule has 10 aromatic carbocycles. The van der Waals surface area contributed by atoms with Crippen molar-refractivity contribution in [3.05, 3.63) is 270 Å². The fourth-order valence-corrected chi connectivity index (χ4v) is 12.7. The smallest absolute Gasteiger partial charge is 0.0713 e. The van der Waals surface area contributed by atoms with Crippen molar-refractivity contribution in [2.75, 3.05) is 4.90 Å². The van der Waals surface area contributed by atoms with Crippen LogP contribution in [0.5, 0.6) is 0 Å². The summed E-state index contributed by atoms with van der Waals surface area (Å²) in [6.07, 6.45) is 0. The second-order valence-electron chi connectivity index (χ2n) is 18.4. The molecule has 13 rings (SSSR count). The van der Waals surface area contributed by atoms with Crippen molar-refractivity contribution >= 4 is 48.6 Å². The molecule has 312 valence electrons. The van der Waals surface area contributed by atoms with E-state index in [1.807, 2.05) is 11.3 Å². The Morgan fingerprint density at radius 1 is 0.333 bits per heavy atom. The van der Waals surface area contributed by atoms with Crippen LogP contribution in [0.4, 0.5) is 17.1 Å². The minimum atomic E-state index is -0.466. The normalized spacial score (nSPS) is 13.8. The molecule has 0 atom stereocenters. The van der Waals surface area contributed by atoms with E-state index in [9.17, 15) is 0 Å². The molecule has 1 nitrogen and oxygen atoms in total. The molecule has 0 saturated carbocycles. The van der Waals surface area contributed by atoms with Gasteiger partial charge in [-0.2, -0.15) is 0 Å². The monoisotopic (exact) mass is 859 g/mol. The molecule has 1 aromatic heterocycles. The number of fused-ring (bicyclic) bond motifs is 9. The molecule has 1 heterocycles. The largest absolute Gasteiger partial charge is 0.310 e. The molecule has 2 aliphatic rings. The van der Waals surface area contributed by atoms with Gasteiger partial charge in [-0.1, -0.05) is 196 Å². The Balaban J connectivity index is 1.00. The SMILES string of the molecule is CC1(C)c2ccccc2-c2ccc(N(c3cccc(-c4ccccc4)c3)c3cccc(-c4cccc5sc6ccc(C7(c8ccccc8)c8ccccc8-c8ccccc87)cc6c45)c3)cc21. The second kappa shape index (κ2) is 14.9. The number of hydrogen-bond donors (Lipinski definition) is 0. The van der Waals surface area contributed by atoms with Crippen molar-refractivity contribution in [3.63, 3.8) is 0 Å². The molecule has 66 heavy (non-hydrogen) atoms. The van der Waals surface area contributed by atoms with Crippen LogP contribution in [0.25, 0.3) is 64.7 Å². The van der Waals surface area contributed by atoms with E-state index in [0.29, 0.717) is 0 Å². The molecule has 0 N–H and O–H groups in total. The number of rotatable bonds is 7. The standard InChI is InChI=1S/C64H45NS/c1-63(2)56-30-12-9-26-51(56)54-36-35-49(41-59(54)63)65(47-24-15-20-43(38-47)42-18-5-3-6-19-42)48-25-16-21-44(39-48)50-29-17-33-61-62(50)55-40-46(34-37-60(55)66-61)64(45-22-7-4-8-23-45)57-31-13-10-27-52(57)53-28-11-14-32-58(53)64/h3-41H,1-2H3. The molecule has 0 spiro atoms. The highest BCUT2D eigenvalue weighted by Crippen LogP contribution is 2.57. The first-order chi connectivity index (χ1) is 32.5. The van der Waals surface area contributed by atoms with E-state index in [2.05, 4.69) is 255 Å². The summed E-state index contributed by atoms with van der Waals surface area (Å²) in [6.45, 7) is 4.73. The average molecular weight is 860 g/mol. The quantitative estimate of drug-likeness (QED) is 0.154. The summed E-state index contributed by atoms with van der Waals surface area (Å²) in [7, 11) is 0. The van der Waals surface area contributed by atoms with E-state index in [1.165, 1.54) is 98.1 Å². The van der Waals surface area contributed by atoms with Crippen molar-refractivity contribution in [3.8, 4) is 44.5 Å². The van der Waals surface area contributed by atoms with Crippen LogP contribution in [0, 0.1) is 0 Å². The minimum Gasteiger partial charge on any atom is -0.310 e. The van der Waals surface area contributed by atoms with Gasteiger partial charge in [-0.15, -0.1) is 11.3 Å². The Kier molecular flexibility index (Phi) is 8.72. The summed E-state index contributed by atoms with van der Waals surface area (Å²) in [5, 5.41) is 2.59. The predicted molar refractivity (Wildman–Crippen MR) is 280 cm³/mol. The molecule has 0 saturated heterocycles. The van der Waals surface area contributed by atoms with Gasteiger partial charge in [-0.05, 0) is 132 Å². The molecule has 0 bridgehead atoms. The highest BCUT2D eigenvalue weighted by atomic mass is 32.1. The second-order valence-corrected chi connectivity index (χ2v) is 19.5. The zero-order valence-electron chi connectivity index (χ0n) is 36.9. The first kappa shape index (κ1) is 38.7. The minimum absolute atomic E-state index is 0.127. The van der Waals surface area contributed by atoms with Crippen LogP contribution in [0.2, 0.25) is 0 Å². The fraction of sp³-hybridized carbons (Fsp3) is 0.0625. The van der Waals surface area contributed by atoms with Gasteiger partial charge in [0, 0.05) is 42.6 Å². The zero-order chi connectivity index (χ0) is 44.0. The highest BCUT2D eigenvalue weighted by Gasteiger charge is 2.46. The maximum Gasteiger partial charge on any atom is 0.0713 e. The van der Waals surface area contributed by atoms with Gasteiger partial charge in [0.1, 0.15) is 0 Å². The molecule has 2 heteroatoms. The van der Waals surface area contributed by atoms with Gasteiger partial charge in [0.05, 0.1) is 5.41 Å². The third kappa shape index (κ3) is 5.71. The topological polar surface area (TPSA) is 3.24 Å². The van der Waals surface area contributed by atoms with Crippen LogP contribution in [0.3, 0.4) is 0 Å². The molecule has 0 aliphatic heterocycles. The Labute approximate surface area is 390 Å². The number of nitrogens with zero attached hydrogens (tertiary/aromatic N) is 1. The van der Waals surface area contributed by atoms with E-state index in [-0.39, 0.29) is 5.41 Å². The molecular formula is C64H45NS. The molecule has 2 aliphatic carbocycles. The third-order valence-corrected chi connectivity index (χ3v) is 15.7. The van der Waals surface area contributed by atoms with Crippen molar-refractivity contribution in [2.45, 2.75) is 24.7 Å². The fourth-order valence-electron chi connectivity index (χ4n) is 11.6. The summed E-state index contributed by atoms with van der Waals surface area (Å²) < 4.78 is 2.58. The van der Waals surface area contributed by atoms with E-state index in [1.54, 1.807) is 0 Å². The number of anilines is 3. The lowest BCUT2D eigenvalue weighted by Crippen LogP contribution is -2.28. The Morgan fingerprint density at radius 3 is 1.58 bits per heavy atom. The van der Waals surface area contributed by atoms with Gasteiger partial charge in [0.2, 0.25) is 0 Å². The van der Waals surface area contributed by atoms with Crippen molar-refractivity contribution in [1.29, 1.82) is 0 Å². The van der Waals surface area contributed by atoms with E-state index >= 15 is 0 Å². The lowest BCUT2D eigenvalue weighted by Gasteiger charge is -2.34. The van der Waals surface area contributed by atoms with Gasteiger partial charge < -0.3 is 4.90 Å². The lowest BCUT2D eigenvalue weighted by molar-refractivity contribution is 0.660. The van der Waals surface area contributed by atoms with Crippen molar-refractivity contribution < 1.29 is 0 Å². The summed E-state index contributed by atoms with van der Waals surface area (Å²) >= 11 is 1.89. The van der Waals surface area contributed by atoms with E-state index < -0.39 is 5.41 Å². The van der Waals surface area contributed by atoms with Gasteiger partial charge >= 0.3 is 0 Å². The van der Waals surface area contributed by atoms with Gasteiger partial charge in [-0.25, -0.2) is 0 Å². The van der Waals surface area contributed by atoms with Gasteiger partial charge in [0.25, 0.3) is 0 Å². The Hall–Kier alpha value is -7.78. The summed E-state index contributed by atoms with van der Waals surface area (Å²) in [6, 6.07) is 88.2. The molecule has 0 fully saturated rings. The van der Waals surface area contributed by atoms with Crippen molar-refractivity contribution in [2.24, 2.45) is 0 Å². The lowest BCUT2D eigenvalue weighted by atomic mass is 9.67. The molecule has 11 aromatic rings. The van der Waals surface area contributed by atoms with Gasteiger partial charge in [0.15, 0.2) is 0 Å². The maximum atomic E-state index is 2.51. The summed E-state index contributed by atoms with van der Waals surface area (Å²) in [5.74, 6) is 0. The van der Waals surface area contributed by atoms with Crippen molar-refractivity contribution in [1.82, 2.24) is 0 Å². The van der Waals surface area contributed by atoms with Crippen LogP contribution in [0.1, 0.15) is 47.2 Å². The molecule has 0 radical (unpaired) electrons. The summed E-state index contributed by atoms with van der Waals surface area (Å²) in [4.78, 5) is 2.46. The van der Waals surface area contributed by atoms with Crippen LogP contribution < -0.4 is 4.90 Å². The first-order valence-corrected chi connectivity index (χ1v) is 23.8. The number of benzene rings is 10. The highest BCUT2D eigenvalue weighted by molar-refractivity contribution is 7.26. The molecule has 0 unspecified atom stereocenters. The number of hydrogen-bond acceptors (Lipinski definition) is 2. The predicted octanol–water partition coefficient (Wildman–Crippen LogP) is 17.5. The van der Waals surface area contributed by atoms with Gasteiger partial charge in [-0.3, -0.25) is 0 Å². The number of thiophene rings is 1. The average Bonchev–Trinajstić information content (AvgIpc) is 3.98. The zero-order valence-corrected chi connectivity index (χ0v) is 37.7. The maximum absolute atomic E-state index is 2.51. The summed E-state index contributed by atoms with van der Waals surface area (Å²) in [5.41, 5.74) is 20.8. The Morgan fingerprint density at radius 2 is 0.864 bits per heavy atom.